The molecule has 0 fully saturated rings. The first-order valence-corrected chi connectivity index (χ1v) is 4.11. The van der Waals surface area contributed by atoms with Gasteiger partial charge in [-0.05, 0) is 6.07 Å². The van der Waals surface area contributed by atoms with Gasteiger partial charge in [0.1, 0.15) is 10.7 Å². The van der Waals surface area contributed by atoms with Gasteiger partial charge in [-0.25, -0.2) is 18.6 Å². The van der Waals surface area contributed by atoms with Crippen LogP contribution < -0.4 is 4.74 Å². The number of carboxylic acids is 1. The van der Waals surface area contributed by atoms with Crippen molar-refractivity contribution in [3.63, 3.8) is 0 Å². The third kappa shape index (κ3) is 2.33. The predicted molar refractivity (Wildman–Crippen MR) is 47.7 cm³/mol. The molecule has 0 aliphatic rings. The summed E-state index contributed by atoms with van der Waals surface area (Å²) in [5.74, 6) is -1.96. The minimum atomic E-state index is -2.95. The Hall–Kier alpha value is -1.43. The Morgan fingerprint density at radius 3 is 2.67 bits per heavy atom. The van der Waals surface area contributed by atoms with Gasteiger partial charge in [0.15, 0.2) is 0 Å². The van der Waals surface area contributed by atoms with Gasteiger partial charge in [0.05, 0.1) is 7.11 Å². The maximum Gasteiger partial charge on any atom is 0.341 e. The van der Waals surface area contributed by atoms with Crippen LogP contribution >= 0.6 is 11.6 Å². The van der Waals surface area contributed by atoms with Gasteiger partial charge in [0.25, 0.3) is 6.43 Å². The van der Waals surface area contributed by atoms with Crippen molar-refractivity contribution in [2.24, 2.45) is 0 Å². The topological polar surface area (TPSA) is 59.4 Å². The van der Waals surface area contributed by atoms with E-state index in [2.05, 4.69) is 9.72 Å². The number of alkyl halides is 2. The lowest BCUT2D eigenvalue weighted by Crippen LogP contribution is -2.07. The molecule has 0 saturated heterocycles. The smallest absolute Gasteiger partial charge is 0.341 e. The number of methoxy groups -OCH3 is 1. The molecule has 1 heterocycles. The van der Waals surface area contributed by atoms with Gasteiger partial charge in [-0.15, -0.1) is 0 Å². The normalized spacial score (nSPS) is 10.5. The second kappa shape index (κ2) is 4.39. The van der Waals surface area contributed by atoms with Crippen LogP contribution in [0.1, 0.15) is 22.3 Å². The molecular weight excluding hydrogens is 232 g/mol. The second-order valence-corrected chi connectivity index (χ2v) is 2.91. The van der Waals surface area contributed by atoms with Crippen LogP contribution in [-0.2, 0) is 0 Å². The summed E-state index contributed by atoms with van der Waals surface area (Å²) in [4.78, 5) is 14.2. The van der Waals surface area contributed by atoms with E-state index in [9.17, 15) is 13.6 Å². The molecule has 4 nitrogen and oxygen atoms in total. The van der Waals surface area contributed by atoms with Crippen molar-refractivity contribution in [3.8, 4) is 5.88 Å². The number of nitrogens with zero attached hydrogens (tertiary/aromatic N) is 1. The summed E-state index contributed by atoms with van der Waals surface area (Å²) in [5, 5.41) is 8.48. The molecule has 15 heavy (non-hydrogen) atoms. The van der Waals surface area contributed by atoms with Gasteiger partial charge in [-0.2, -0.15) is 0 Å². The lowest BCUT2D eigenvalue weighted by molar-refractivity contribution is 0.0679. The van der Waals surface area contributed by atoms with E-state index in [-0.39, 0.29) is 5.15 Å². The molecule has 1 N–H and O–H groups in total. The van der Waals surface area contributed by atoms with Crippen molar-refractivity contribution in [1.29, 1.82) is 0 Å². The van der Waals surface area contributed by atoms with Crippen LogP contribution in [0.15, 0.2) is 6.07 Å². The molecule has 0 radical (unpaired) electrons. The van der Waals surface area contributed by atoms with Crippen molar-refractivity contribution >= 4 is 17.6 Å². The zero-order valence-corrected chi connectivity index (χ0v) is 8.26. The SMILES string of the molecule is COc1nc(Cl)cc(C(F)F)c1C(=O)O. The molecule has 0 bridgehead atoms. The number of halogens is 3. The fraction of sp³-hybridized carbons (Fsp3) is 0.250. The number of carbonyl (C=O) groups is 1. The van der Waals surface area contributed by atoms with E-state index in [1.54, 1.807) is 0 Å². The van der Waals surface area contributed by atoms with Crippen molar-refractivity contribution in [2.75, 3.05) is 7.11 Å². The van der Waals surface area contributed by atoms with Crippen molar-refractivity contribution in [1.82, 2.24) is 4.98 Å². The Kier molecular flexibility index (Phi) is 3.41. The molecule has 0 saturated carbocycles. The van der Waals surface area contributed by atoms with Crippen molar-refractivity contribution < 1.29 is 23.4 Å². The minimum absolute atomic E-state index is 0.243. The highest BCUT2D eigenvalue weighted by Gasteiger charge is 2.24. The van der Waals surface area contributed by atoms with Crippen LogP contribution in [0.3, 0.4) is 0 Å². The van der Waals surface area contributed by atoms with E-state index in [4.69, 9.17) is 16.7 Å². The molecule has 0 amide bonds. The van der Waals surface area contributed by atoms with E-state index in [0.717, 1.165) is 13.2 Å². The number of aromatic nitrogens is 1. The molecule has 7 heteroatoms. The second-order valence-electron chi connectivity index (χ2n) is 2.52. The predicted octanol–water partition coefficient (Wildman–Crippen LogP) is 2.38. The number of hydrogen-bond acceptors (Lipinski definition) is 3. The van der Waals surface area contributed by atoms with Crippen LogP contribution in [0.5, 0.6) is 5.88 Å². The van der Waals surface area contributed by atoms with Crippen LogP contribution in [0.4, 0.5) is 8.78 Å². The summed E-state index contributed by atoms with van der Waals surface area (Å²) in [6, 6.07) is 0.804. The summed E-state index contributed by atoms with van der Waals surface area (Å²) in [6.45, 7) is 0. The average Bonchev–Trinajstić information content (AvgIpc) is 2.15. The van der Waals surface area contributed by atoms with Gasteiger partial charge in [0, 0.05) is 5.56 Å². The third-order valence-corrected chi connectivity index (χ3v) is 1.82. The molecule has 0 atom stereocenters. The summed E-state index contributed by atoms with van der Waals surface area (Å²) in [5.41, 5.74) is -1.38. The standard InChI is InChI=1S/C8H6ClF2NO3/c1-15-7-5(8(13)14)3(6(10)11)2-4(9)12-7/h2,6H,1H3,(H,13,14). The molecule has 0 spiro atoms. The van der Waals surface area contributed by atoms with E-state index in [0.29, 0.717) is 0 Å². The number of rotatable bonds is 3. The van der Waals surface area contributed by atoms with Crippen LogP contribution in [0.2, 0.25) is 5.15 Å². The molecule has 0 aliphatic carbocycles. The average molecular weight is 238 g/mol. The third-order valence-electron chi connectivity index (χ3n) is 1.63. The van der Waals surface area contributed by atoms with E-state index in [1.807, 2.05) is 0 Å². The number of hydrogen-bond donors (Lipinski definition) is 1. The van der Waals surface area contributed by atoms with Gasteiger partial charge in [0.2, 0.25) is 5.88 Å². The molecule has 1 rings (SSSR count). The van der Waals surface area contributed by atoms with E-state index >= 15 is 0 Å². The zero-order chi connectivity index (χ0) is 11.6. The van der Waals surface area contributed by atoms with Gasteiger partial charge in [-0.3, -0.25) is 0 Å². The molecule has 0 aliphatic heterocycles. The lowest BCUT2D eigenvalue weighted by atomic mass is 10.1. The van der Waals surface area contributed by atoms with Crippen LogP contribution in [0.25, 0.3) is 0 Å². The number of ether oxygens (including phenoxy) is 1. The van der Waals surface area contributed by atoms with E-state index < -0.39 is 29.4 Å². The monoisotopic (exact) mass is 237 g/mol. The van der Waals surface area contributed by atoms with Gasteiger partial charge < -0.3 is 9.84 Å². The highest BCUT2D eigenvalue weighted by atomic mass is 35.5. The van der Waals surface area contributed by atoms with Crippen molar-refractivity contribution in [2.45, 2.75) is 6.43 Å². The first-order chi connectivity index (χ1) is 6.97. The number of pyridine rings is 1. The fourth-order valence-electron chi connectivity index (χ4n) is 1.04. The number of aromatic carboxylic acids is 1. The maximum atomic E-state index is 12.5. The first kappa shape index (κ1) is 11.6. The Morgan fingerprint density at radius 2 is 2.27 bits per heavy atom. The molecular formula is C8H6ClF2NO3. The van der Waals surface area contributed by atoms with Gasteiger partial charge >= 0.3 is 5.97 Å². The minimum Gasteiger partial charge on any atom is -0.480 e. The highest BCUT2D eigenvalue weighted by Crippen LogP contribution is 2.30. The molecule has 1 aromatic heterocycles. The van der Waals surface area contributed by atoms with Crippen molar-refractivity contribution in [3.05, 3.63) is 22.3 Å². The Labute approximate surface area is 88.4 Å². The summed E-state index contributed by atoms with van der Waals surface area (Å²) < 4.78 is 29.5. The van der Waals surface area contributed by atoms with Gasteiger partial charge in [-0.1, -0.05) is 11.6 Å². The largest absolute Gasteiger partial charge is 0.480 e. The summed E-state index contributed by atoms with van der Waals surface area (Å²) in [7, 11) is 1.13. The first-order valence-electron chi connectivity index (χ1n) is 3.73. The fourth-order valence-corrected chi connectivity index (χ4v) is 1.24. The van der Waals surface area contributed by atoms with Crippen LogP contribution in [0, 0.1) is 0 Å². The summed E-state index contributed by atoms with van der Waals surface area (Å²) >= 11 is 5.43. The van der Waals surface area contributed by atoms with Crippen LogP contribution in [-0.4, -0.2) is 23.2 Å². The highest BCUT2D eigenvalue weighted by molar-refractivity contribution is 6.29. The zero-order valence-electron chi connectivity index (χ0n) is 7.50. The Morgan fingerprint density at radius 1 is 1.67 bits per heavy atom. The quantitative estimate of drug-likeness (QED) is 0.820. The summed E-state index contributed by atoms with van der Waals surface area (Å²) in [6.07, 6.45) is -2.95. The number of carboxylic acid groups (broad SMARTS) is 1. The molecule has 82 valence electrons. The maximum absolute atomic E-state index is 12.5. The molecule has 0 aromatic carbocycles. The van der Waals surface area contributed by atoms with E-state index in [1.165, 1.54) is 0 Å². The Balaban J connectivity index is 3.47. The lowest BCUT2D eigenvalue weighted by Gasteiger charge is -2.09. The molecule has 0 unspecified atom stereocenters. The molecule has 1 aromatic rings. The Bertz CT molecular complexity index is 398.